The summed E-state index contributed by atoms with van der Waals surface area (Å²) in [4.78, 5) is 2.81. The maximum absolute atomic E-state index is 3.61. The Balaban J connectivity index is 2.05. The zero-order chi connectivity index (χ0) is 14.0. The van der Waals surface area contributed by atoms with Crippen molar-refractivity contribution in [3.05, 3.63) is 0 Å². The molecular weight excluding hydrogens is 232 g/mol. The molecule has 4 unspecified atom stereocenters. The van der Waals surface area contributed by atoms with Gasteiger partial charge in [-0.1, -0.05) is 27.7 Å². The minimum atomic E-state index is 0.551. The smallest absolute Gasteiger partial charge is 0.0274 e. The van der Waals surface area contributed by atoms with Crippen molar-refractivity contribution < 1.29 is 0 Å². The molecule has 1 N–H and O–H groups in total. The highest BCUT2D eigenvalue weighted by molar-refractivity contribution is 4.94. The highest BCUT2D eigenvalue weighted by Crippen LogP contribution is 2.36. The van der Waals surface area contributed by atoms with Gasteiger partial charge in [0, 0.05) is 12.1 Å². The maximum atomic E-state index is 3.61. The number of nitrogens with one attached hydrogen (secondary N) is 1. The molecule has 2 heteroatoms. The Morgan fingerprint density at radius 2 is 1.79 bits per heavy atom. The van der Waals surface area contributed by atoms with E-state index in [4.69, 9.17) is 0 Å². The van der Waals surface area contributed by atoms with Crippen LogP contribution in [0.3, 0.4) is 0 Å². The average molecular weight is 266 g/mol. The maximum Gasteiger partial charge on any atom is 0.0274 e. The minimum absolute atomic E-state index is 0.551. The standard InChI is InChI=1S/C17H34N2/c1-13-11-14(2)16(15(12-13)18-5)19-9-6-7-17(3,4)8-10-19/h13-16,18H,6-12H2,1-5H3. The summed E-state index contributed by atoms with van der Waals surface area (Å²) < 4.78 is 0. The predicted molar refractivity (Wildman–Crippen MR) is 83.4 cm³/mol. The summed E-state index contributed by atoms with van der Waals surface area (Å²) in [6, 6.07) is 1.45. The van der Waals surface area contributed by atoms with Crippen molar-refractivity contribution in [3.63, 3.8) is 0 Å². The molecule has 0 radical (unpaired) electrons. The first-order chi connectivity index (χ1) is 8.93. The quantitative estimate of drug-likeness (QED) is 0.822. The van der Waals surface area contributed by atoms with Crippen molar-refractivity contribution in [2.75, 3.05) is 20.1 Å². The van der Waals surface area contributed by atoms with Crippen LogP contribution in [0.25, 0.3) is 0 Å². The lowest BCUT2D eigenvalue weighted by molar-refractivity contribution is 0.0645. The normalized spacial score (nSPS) is 40.9. The van der Waals surface area contributed by atoms with Crippen LogP contribution in [0.4, 0.5) is 0 Å². The first-order valence-electron chi connectivity index (χ1n) is 8.34. The SMILES string of the molecule is CNC1CC(C)CC(C)C1N1CCCC(C)(C)CC1. The van der Waals surface area contributed by atoms with E-state index in [0.717, 1.165) is 17.9 Å². The Morgan fingerprint density at radius 1 is 1.05 bits per heavy atom. The molecule has 1 saturated heterocycles. The average Bonchev–Trinajstić information content (AvgIpc) is 2.49. The fourth-order valence-corrected chi connectivity index (χ4v) is 4.48. The van der Waals surface area contributed by atoms with Gasteiger partial charge in [-0.15, -0.1) is 0 Å². The number of hydrogen-bond acceptors (Lipinski definition) is 2. The third-order valence-electron chi connectivity index (χ3n) is 5.59. The van der Waals surface area contributed by atoms with Gasteiger partial charge in [-0.3, -0.25) is 4.90 Å². The van der Waals surface area contributed by atoms with Gasteiger partial charge < -0.3 is 5.32 Å². The van der Waals surface area contributed by atoms with Crippen LogP contribution < -0.4 is 5.32 Å². The summed E-state index contributed by atoms with van der Waals surface area (Å²) in [5.74, 6) is 1.72. The second-order valence-corrected chi connectivity index (χ2v) is 7.99. The van der Waals surface area contributed by atoms with E-state index in [-0.39, 0.29) is 0 Å². The molecule has 1 aliphatic heterocycles. The van der Waals surface area contributed by atoms with E-state index >= 15 is 0 Å². The van der Waals surface area contributed by atoms with Gasteiger partial charge >= 0.3 is 0 Å². The molecule has 1 aliphatic carbocycles. The lowest BCUT2D eigenvalue weighted by Crippen LogP contribution is -2.56. The van der Waals surface area contributed by atoms with Gasteiger partial charge in [0.15, 0.2) is 0 Å². The van der Waals surface area contributed by atoms with Crippen LogP contribution in [0.2, 0.25) is 0 Å². The molecule has 2 nitrogen and oxygen atoms in total. The molecule has 1 heterocycles. The van der Waals surface area contributed by atoms with Crippen molar-refractivity contribution in [2.24, 2.45) is 17.3 Å². The van der Waals surface area contributed by atoms with Gasteiger partial charge in [0.05, 0.1) is 0 Å². The highest BCUT2D eigenvalue weighted by Gasteiger charge is 2.38. The summed E-state index contributed by atoms with van der Waals surface area (Å²) in [7, 11) is 2.16. The Kier molecular flexibility index (Phi) is 4.94. The summed E-state index contributed by atoms with van der Waals surface area (Å²) >= 11 is 0. The zero-order valence-corrected chi connectivity index (χ0v) is 13.7. The molecule has 0 spiro atoms. The second kappa shape index (κ2) is 6.13. The third-order valence-corrected chi connectivity index (χ3v) is 5.59. The molecular formula is C17H34N2. The van der Waals surface area contributed by atoms with E-state index in [0.29, 0.717) is 11.5 Å². The predicted octanol–water partition coefficient (Wildman–Crippen LogP) is 3.52. The van der Waals surface area contributed by atoms with E-state index in [1.165, 1.54) is 45.2 Å². The number of rotatable bonds is 2. The topological polar surface area (TPSA) is 15.3 Å². The number of likely N-dealkylation sites (tertiary alicyclic amines) is 1. The van der Waals surface area contributed by atoms with E-state index in [2.05, 4.69) is 45.0 Å². The number of hydrogen-bond donors (Lipinski definition) is 1. The number of likely N-dealkylation sites (N-methyl/N-ethyl adjacent to an activating group) is 1. The van der Waals surface area contributed by atoms with Gasteiger partial charge in [0.25, 0.3) is 0 Å². The Bertz CT molecular complexity index is 287. The first-order valence-corrected chi connectivity index (χ1v) is 8.34. The molecule has 0 aromatic rings. The van der Waals surface area contributed by atoms with Gasteiger partial charge in [-0.2, -0.15) is 0 Å². The summed E-state index contributed by atoms with van der Waals surface area (Å²) in [6.07, 6.45) is 6.89. The van der Waals surface area contributed by atoms with Crippen LogP contribution in [0.1, 0.15) is 59.8 Å². The molecule has 4 atom stereocenters. The van der Waals surface area contributed by atoms with Crippen LogP contribution in [0.15, 0.2) is 0 Å². The van der Waals surface area contributed by atoms with Crippen molar-refractivity contribution in [3.8, 4) is 0 Å². The lowest BCUT2D eigenvalue weighted by Gasteiger charge is -2.45. The summed E-state index contributed by atoms with van der Waals surface area (Å²) in [5, 5.41) is 3.61. The largest absolute Gasteiger partial charge is 0.315 e. The van der Waals surface area contributed by atoms with Crippen LogP contribution in [0.5, 0.6) is 0 Å². The van der Waals surface area contributed by atoms with Crippen LogP contribution in [-0.2, 0) is 0 Å². The first kappa shape index (κ1) is 15.3. The van der Waals surface area contributed by atoms with Gasteiger partial charge in [-0.05, 0) is 69.5 Å². The molecule has 0 aromatic carbocycles. The van der Waals surface area contributed by atoms with E-state index < -0.39 is 0 Å². The fraction of sp³-hybridized carbons (Fsp3) is 1.00. The second-order valence-electron chi connectivity index (χ2n) is 7.99. The Labute approximate surface area is 120 Å². The molecule has 1 saturated carbocycles. The lowest BCUT2D eigenvalue weighted by atomic mass is 9.75. The third kappa shape index (κ3) is 3.72. The van der Waals surface area contributed by atoms with Crippen molar-refractivity contribution in [1.29, 1.82) is 0 Å². The molecule has 0 aromatic heterocycles. The fourth-order valence-electron chi connectivity index (χ4n) is 4.48. The number of nitrogens with zero attached hydrogens (tertiary/aromatic N) is 1. The van der Waals surface area contributed by atoms with E-state index in [1.54, 1.807) is 0 Å². The molecule has 2 rings (SSSR count). The van der Waals surface area contributed by atoms with Crippen molar-refractivity contribution in [2.45, 2.75) is 71.9 Å². The van der Waals surface area contributed by atoms with E-state index in [1.807, 2.05) is 0 Å². The van der Waals surface area contributed by atoms with Gasteiger partial charge in [0.2, 0.25) is 0 Å². The summed E-state index contributed by atoms with van der Waals surface area (Å²) in [6.45, 7) is 12.4. The minimum Gasteiger partial charge on any atom is -0.315 e. The molecule has 0 bridgehead atoms. The summed E-state index contributed by atoms with van der Waals surface area (Å²) in [5.41, 5.74) is 0.551. The molecule has 19 heavy (non-hydrogen) atoms. The van der Waals surface area contributed by atoms with E-state index in [9.17, 15) is 0 Å². The van der Waals surface area contributed by atoms with Crippen LogP contribution >= 0.6 is 0 Å². The zero-order valence-electron chi connectivity index (χ0n) is 13.7. The van der Waals surface area contributed by atoms with Crippen LogP contribution in [-0.4, -0.2) is 37.1 Å². The Hall–Kier alpha value is -0.0800. The van der Waals surface area contributed by atoms with Crippen LogP contribution in [0, 0.1) is 17.3 Å². The van der Waals surface area contributed by atoms with Gasteiger partial charge in [-0.25, -0.2) is 0 Å². The van der Waals surface area contributed by atoms with Crippen molar-refractivity contribution >= 4 is 0 Å². The molecule has 0 amide bonds. The highest BCUT2D eigenvalue weighted by atomic mass is 15.2. The van der Waals surface area contributed by atoms with Gasteiger partial charge in [0.1, 0.15) is 0 Å². The molecule has 112 valence electrons. The Morgan fingerprint density at radius 3 is 2.47 bits per heavy atom. The molecule has 2 aliphatic rings. The monoisotopic (exact) mass is 266 g/mol. The van der Waals surface area contributed by atoms with Crippen molar-refractivity contribution in [1.82, 2.24) is 10.2 Å². The molecule has 2 fully saturated rings.